The van der Waals surface area contributed by atoms with Crippen molar-refractivity contribution in [3.8, 4) is 0 Å². The summed E-state index contributed by atoms with van der Waals surface area (Å²) in [7, 11) is 1.92. The third kappa shape index (κ3) is 7.29. The van der Waals surface area contributed by atoms with Gasteiger partial charge in [0.1, 0.15) is 5.84 Å². The van der Waals surface area contributed by atoms with Gasteiger partial charge >= 0.3 is 0 Å². The molecule has 0 saturated carbocycles. The molecule has 0 heterocycles. The Morgan fingerprint density at radius 3 is 2.73 bits per heavy atom. The summed E-state index contributed by atoms with van der Waals surface area (Å²) in [6, 6.07) is 0. The molecule has 0 aromatic heterocycles. The average molecular weight is 159 g/mol. The smallest absolute Gasteiger partial charge is 0.105 e. The molecule has 11 heavy (non-hydrogen) atoms. The highest BCUT2D eigenvalue weighted by molar-refractivity contribution is 5.78. The molecule has 4 nitrogen and oxygen atoms in total. The fraction of sp³-hybridized carbons (Fsp3) is 0.857. The lowest BCUT2D eigenvalue weighted by atomic mass is 10.5. The molecule has 4 heteroatoms. The number of rotatable bonds is 6. The molecular formula is C7H17N3O. The van der Waals surface area contributed by atoms with Crippen LogP contribution in [0.2, 0.25) is 0 Å². The van der Waals surface area contributed by atoms with E-state index in [2.05, 4.69) is 0 Å². The Kier molecular flexibility index (Phi) is 5.78. The molecule has 0 fully saturated rings. The molecule has 0 amide bonds. The van der Waals surface area contributed by atoms with Crippen molar-refractivity contribution in [3.05, 3.63) is 0 Å². The van der Waals surface area contributed by atoms with E-state index in [-0.39, 0.29) is 5.84 Å². The summed E-state index contributed by atoms with van der Waals surface area (Å²) < 4.78 is 5.13. The van der Waals surface area contributed by atoms with Crippen LogP contribution in [0.15, 0.2) is 0 Å². The van der Waals surface area contributed by atoms with Gasteiger partial charge in [-0.15, -0.1) is 0 Å². The fourth-order valence-electron chi connectivity index (χ4n) is 0.735. The zero-order valence-corrected chi connectivity index (χ0v) is 7.26. The second-order valence-electron chi connectivity index (χ2n) is 2.46. The van der Waals surface area contributed by atoms with Gasteiger partial charge in [-0.3, -0.25) is 10.3 Å². The minimum Gasteiger partial charge on any atom is -0.387 e. The number of likely N-dealkylation sites (N-methyl/N-ethyl adjacent to an activating group) is 1. The van der Waals surface area contributed by atoms with E-state index in [4.69, 9.17) is 15.9 Å². The van der Waals surface area contributed by atoms with E-state index >= 15 is 0 Å². The highest BCUT2D eigenvalue weighted by Crippen LogP contribution is 1.81. The van der Waals surface area contributed by atoms with Crippen LogP contribution in [-0.2, 0) is 4.74 Å². The Bertz CT molecular complexity index is 116. The molecule has 0 saturated heterocycles. The van der Waals surface area contributed by atoms with Crippen molar-refractivity contribution in [2.24, 2.45) is 5.73 Å². The largest absolute Gasteiger partial charge is 0.387 e. The monoisotopic (exact) mass is 159 g/mol. The van der Waals surface area contributed by atoms with Gasteiger partial charge in [-0.25, -0.2) is 0 Å². The molecule has 0 atom stereocenters. The van der Waals surface area contributed by atoms with Crippen molar-refractivity contribution >= 4 is 5.84 Å². The molecule has 0 rings (SSSR count). The Labute approximate surface area is 67.8 Å². The maximum atomic E-state index is 7.00. The van der Waals surface area contributed by atoms with Gasteiger partial charge in [0.2, 0.25) is 0 Å². The van der Waals surface area contributed by atoms with E-state index in [1.54, 1.807) is 0 Å². The predicted octanol–water partition coefficient (Wildman–Crippen LogP) is -0.109. The molecule has 0 aromatic rings. The van der Waals surface area contributed by atoms with Gasteiger partial charge < -0.3 is 10.5 Å². The summed E-state index contributed by atoms with van der Waals surface area (Å²) in [6.45, 7) is 4.76. The standard InChI is InChI=1S/C7H17N3O/c1-3-11-5-4-10(2)6-7(8)9/h3-6H2,1-2H3,(H3,8,9). The van der Waals surface area contributed by atoms with Gasteiger partial charge in [0.05, 0.1) is 13.2 Å². The van der Waals surface area contributed by atoms with Crippen molar-refractivity contribution in [2.75, 3.05) is 33.4 Å². The quantitative estimate of drug-likeness (QED) is 0.323. The van der Waals surface area contributed by atoms with Crippen molar-refractivity contribution < 1.29 is 4.74 Å². The van der Waals surface area contributed by atoms with Crippen molar-refractivity contribution in [1.29, 1.82) is 5.41 Å². The maximum absolute atomic E-state index is 7.00. The van der Waals surface area contributed by atoms with Gasteiger partial charge in [0.15, 0.2) is 0 Å². The van der Waals surface area contributed by atoms with E-state index < -0.39 is 0 Å². The molecule has 66 valence electrons. The molecule has 0 aliphatic carbocycles. The van der Waals surface area contributed by atoms with Crippen molar-refractivity contribution in [1.82, 2.24) is 4.90 Å². The van der Waals surface area contributed by atoms with Crippen LogP contribution >= 0.6 is 0 Å². The molecule has 0 unspecified atom stereocenters. The molecule has 0 bridgehead atoms. The zero-order valence-electron chi connectivity index (χ0n) is 7.26. The zero-order chi connectivity index (χ0) is 8.69. The summed E-state index contributed by atoms with van der Waals surface area (Å²) >= 11 is 0. The lowest BCUT2D eigenvalue weighted by Crippen LogP contribution is -2.32. The Balaban J connectivity index is 3.22. The summed E-state index contributed by atoms with van der Waals surface area (Å²) in [5.41, 5.74) is 5.20. The van der Waals surface area contributed by atoms with Gasteiger partial charge in [-0.05, 0) is 14.0 Å². The summed E-state index contributed by atoms with van der Waals surface area (Å²) in [5, 5.41) is 7.00. The molecular weight excluding hydrogens is 142 g/mol. The number of hydrogen-bond acceptors (Lipinski definition) is 3. The van der Waals surface area contributed by atoms with Crippen LogP contribution in [0, 0.1) is 5.41 Å². The van der Waals surface area contributed by atoms with Crippen LogP contribution in [0.1, 0.15) is 6.92 Å². The van der Waals surface area contributed by atoms with Gasteiger partial charge in [-0.2, -0.15) is 0 Å². The topological polar surface area (TPSA) is 62.3 Å². The molecule has 0 aromatic carbocycles. The first-order valence-electron chi connectivity index (χ1n) is 3.76. The van der Waals surface area contributed by atoms with Crippen LogP contribution < -0.4 is 5.73 Å². The number of ether oxygens (including phenoxy) is 1. The Morgan fingerprint density at radius 2 is 2.27 bits per heavy atom. The number of nitrogens with zero attached hydrogens (tertiary/aromatic N) is 1. The molecule has 0 radical (unpaired) electrons. The highest BCUT2D eigenvalue weighted by Gasteiger charge is 1.97. The first kappa shape index (κ1) is 10.4. The van der Waals surface area contributed by atoms with E-state index in [9.17, 15) is 0 Å². The van der Waals surface area contributed by atoms with Gasteiger partial charge in [0.25, 0.3) is 0 Å². The lowest BCUT2D eigenvalue weighted by molar-refractivity contribution is 0.126. The minimum atomic E-state index is 0.198. The van der Waals surface area contributed by atoms with E-state index in [0.717, 1.165) is 13.2 Å². The second kappa shape index (κ2) is 6.12. The van der Waals surface area contributed by atoms with Crippen LogP contribution in [0.3, 0.4) is 0 Å². The first-order chi connectivity index (χ1) is 5.16. The maximum Gasteiger partial charge on any atom is 0.105 e. The molecule has 0 aliphatic heterocycles. The summed E-state index contributed by atoms with van der Waals surface area (Å²) in [6.07, 6.45) is 0. The fourth-order valence-corrected chi connectivity index (χ4v) is 0.735. The number of nitrogens with one attached hydrogen (secondary N) is 1. The van der Waals surface area contributed by atoms with Gasteiger partial charge in [0, 0.05) is 13.2 Å². The van der Waals surface area contributed by atoms with E-state index in [1.807, 2.05) is 18.9 Å². The minimum absolute atomic E-state index is 0.198. The van der Waals surface area contributed by atoms with Crippen LogP contribution in [0.5, 0.6) is 0 Å². The molecule has 0 spiro atoms. The van der Waals surface area contributed by atoms with E-state index in [1.165, 1.54) is 0 Å². The van der Waals surface area contributed by atoms with Crippen molar-refractivity contribution in [3.63, 3.8) is 0 Å². The number of hydrogen-bond donors (Lipinski definition) is 2. The predicted molar refractivity (Wildman–Crippen MR) is 45.9 cm³/mol. The normalized spacial score (nSPS) is 10.5. The Morgan fingerprint density at radius 1 is 1.64 bits per heavy atom. The molecule has 0 aliphatic rings. The second-order valence-corrected chi connectivity index (χ2v) is 2.46. The number of nitrogens with two attached hydrogens (primary N) is 1. The Hall–Kier alpha value is -0.610. The number of amidine groups is 1. The van der Waals surface area contributed by atoms with Crippen LogP contribution in [-0.4, -0.2) is 44.1 Å². The molecule has 3 N–H and O–H groups in total. The van der Waals surface area contributed by atoms with Crippen molar-refractivity contribution in [2.45, 2.75) is 6.92 Å². The van der Waals surface area contributed by atoms with Gasteiger partial charge in [-0.1, -0.05) is 0 Å². The third-order valence-electron chi connectivity index (χ3n) is 1.26. The summed E-state index contributed by atoms with van der Waals surface area (Å²) in [4.78, 5) is 1.96. The average Bonchev–Trinajstić information content (AvgIpc) is 1.86. The summed E-state index contributed by atoms with van der Waals surface area (Å²) in [5.74, 6) is 0.198. The van der Waals surface area contributed by atoms with Crippen LogP contribution in [0.25, 0.3) is 0 Å². The lowest BCUT2D eigenvalue weighted by Gasteiger charge is -2.14. The third-order valence-corrected chi connectivity index (χ3v) is 1.26. The first-order valence-corrected chi connectivity index (χ1v) is 3.76. The van der Waals surface area contributed by atoms with Crippen LogP contribution in [0.4, 0.5) is 0 Å². The SMILES string of the molecule is CCOCCN(C)CC(=N)N. The van der Waals surface area contributed by atoms with E-state index in [0.29, 0.717) is 13.2 Å². The highest BCUT2D eigenvalue weighted by atomic mass is 16.5.